The molecule has 0 atom stereocenters. The molecule has 2 aromatic carbocycles. The van der Waals surface area contributed by atoms with Crippen molar-refractivity contribution in [1.82, 2.24) is 4.98 Å². The third-order valence-corrected chi connectivity index (χ3v) is 4.42. The van der Waals surface area contributed by atoms with Gasteiger partial charge in [-0.2, -0.15) is 0 Å². The van der Waals surface area contributed by atoms with Crippen molar-refractivity contribution in [3.8, 4) is 11.3 Å². The maximum Gasteiger partial charge on any atom is 0.0464 e. The van der Waals surface area contributed by atoms with E-state index in [2.05, 4.69) is 67.4 Å². The van der Waals surface area contributed by atoms with Crippen LogP contribution in [0.15, 0.2) is 48.0 Å². The molecule has 1 N–H and O–H groups in total. The number of hydrogen-bond donors (Lipinski definition) is 1. The van der Waals surface area contributed by atoms with Crippen molar-refractivity contribution in [3.05, 3.63) is 64.7 Å². The van der Waals surface area contributed by atoms with Crippen LogP contribution in [-0.4, -0.2) is 4.98 Å². The average molecular weight is 273 g/mol. The van der Waals surface area contributed by atoms with Gasteiger partial charge >= 0.3 is 0 Å². The second kappa shape index (κ2) is 4.63. The molecular weight excluding hydrogens is 254 g/mol. The van der Waals surface area contributed by atoms with E-state index < -0.39 is 0 Å². The normalized spacial score (nSPS) is 13.5. The van der Waals surface area contributed by atoms with Gasteiger partial charge in [0, 0.05) is 16.6 Å². The molecule has 21 heavy (non-hydrogen) atoms. The van der Waals surface area contributed by atoms with E-state index in [0.29, 0.717) is 0 Å². The Kier molecular flexibility index (Phi) is 2.75. The van der Waals surface area contributed by atoms with Gasteiger partial charge in [-0.3, -0.25) is 0 Å². The fourth-order valence-electron chi connectivity index (χ4n) is 3.24. The van der Waals surface area contributed by atoms with Crippen molar-refractivity contribution in [2.75, 3.05) is 0 Å². The van der Waals surface area contributed by atoms with E-state index in [1.54, 1.807) is 0 Å². The summed E-state index contributed by atoms with van der Waals surface area (Å²) in [6.07, 6.45) is 4.46. The first-order chi connectivity index (χ1) is 10.2. The van der Waals surface area contributed by atoms with Crippen molar-refractivity contribution in [3.63, 3.8) is 0 Å². The standard InChI is InChI=1S/C20H19N/c1-3-14-4-7-19-18(10-14)12-20(21-19)16-6-5-15-8-13(2)9-17(15)11-16/h4-8,10-12,21H,3,9H2,1-2H3. The molecule has 3 aromatic rings. The van der Waals surface area contributed by atoms with Gasteiger partial charge in [-0.1, -0.05) is 36.8 Å². The molecule has 0 spiro atoms. The Bertz CT molecular complexity index is 865. The summed E-state index contributed by atoms with van der Waals surface area (Å²) in [4.78, 5) is 3.55. The lowest BCUT2D eigenvalue weighted by Crippen LogP contribution is -1.85. The maximum absolute atomic E-state index is 3.55. The molecule has 0 bridgehead atoms. The minimum absolute atomic E-state index is 1.08. The van der Waals surface area contributed by atoms with Gasteiger partial charge in [-0.25, -0.2) is 0 Å². The number of aromatic nitrogens is 1. The third kappa shape index (κ3) is 2.09. The molecule has 1 heteroatoms. The van der Waals surface area contributed by atoms with E-state index in [1.165, 1.54) is 44.4 Å². The number of fused-ring (bicyclic) bond motifs is 2. The van der Waals surface area contributed by atoms with Crippen LogP contribution in [0.3, 0.4) is 0 Å². The molecule has 0 aliphatic heterocycles. The molecule has 1 aliphatic carbocycles. The van der Waals surface area contributed by atoms with Crippen molar-refractivity contribution in [1.29, 1.82) is 0 Å². The van der Waals surface area contributed by atoms with Gasteiger partial charge in [0.15, 0.2) is 0 Å². The summed E-state index contributed by atoms with van der Waals surface area (Å²) in [5.41, 5.74) is 9.38. The molecule has 0 fully saturated rings. The van der Waals surface area contributed by atoms with Crippen LogP contribution < -0.4 is 0 Å². The zero-order valence-corrected chi connectivity index (χ0v) is 12.5. The third-order valence-electron chi connectivity index (χ3n) is 4.42. The van der Waals surface area contributed by atoms with Gasteiger partial charge in [0.25, 0.3) is 0 Å². The van der Waals surface area contributed by atoms with Crippen LogP contribution in [0.25, 0.3) is 28.2 Å². The highest BCUT2D eigenvalue weighted by atomic mass is 14.7. The Morgan fingerprint density at radius 3 is 2.81 bits per heavy atom. The van der Waals surface area contributed by atoms with Crippen molar-refractivity contribution in [2.24, 2.45) is 0 Å². The Balaban J connectivity index is 1.79. The number of allylic oxidation sites excluding steroid dienone is 1. The van der Waals surface area contributed by atoms with Crippen LogP contribution in [0.2, 0.25) is 0 Å². The van der Waals surface area contributed by atoms with Crippen LogP contribution in [0.5, 0.6) is 0 Å². The zero-order chi connectivity index (χ0) is 14.4. The highest BCUT2D eigenvalue weighted by Gasteiger charge is 2.11. The van der Waals surface area contributed by atoms with Crippen LogP contribution in [0.4, 0.5) is 0 Å². The van der Waals surface area contributed by atoms with Gasteiger partial charge < -0.3 is 4.98 Å². The summed E-state index contributed by atoms with van der Waals surface area (Å²) in [6, 6.07) is 15.7. The number of H-pyrrole nitrogens is 1. The predicted octanol–water partition coefficient (Wildman–Crippen LogP) is 5.36. The molecule has 0 saturated heterocycles. The van der Waals surface area contributed by atoms with Gasteiger partial charge in [-0.15, -0.1) is 0 Å². The average Bonchev–Trinajstić information content (AvgIpc) is 3.07. The quantitative estimate of drug-likeness (QED) is 0.647. The number of aryl methyl sites for hydroxylation is 1. The first-order valence-electron chi connectivity index (χ1n) is 7.65. The fraction of sp³-hybridized carbons (Fsp3) is 0.200. The number of benzene rings is 2. The zero-order valence-electron chi connectivity index (χ0n) is 12.5. The summed E-state index contributed by atoms with van der Waals surface area (Å²) >= 11 is 0. The molecule has 104 valence electrons. The molecule has 1 heterocycles. The smallest absolute Gasteiger partial charge is 0.0464 e. The van der Waals surface area contributed by atoms with Crippen LogP contribution in [-0.2, 0) is 12.8 Å². The van der Waals surface area contributed by atoms with E-state index >= 15 is 0 Å². The second-order valence-electron chi connectivity index (χ2n) is 6.04. The minimum Gasteiger partial charge on any atom is -0.355 e. The summed E-state index contributed by atoms with van der Waals surface area (Å²) in [6.45, 7) is 4.40. The molecule has 0 unspecified atom stereocenters. The van der Waals surface area contributed by atoms with E-state index in [9.17, 15) is 0 Å². The number of nitrogens with one attached hydrogen (secondary N) is 1. The van der Waals surface area contributed by atoms with E-state index in [-0.39, 0.29) is 0 Å². The minimum atomic E-state index is 1.08. The first-order valence-corrected chi connectivity index (χ1v) is 7.65. The Morgan fingerprint density at radius 2 is 1.95 bits per heavy atom. The lowest BCUT2D eigenvalue weighted by atomic mass is 10.0. The highest BCUT2D eigenvalue weighted by molar-refractivity contribution is 5.86. The molecule has 0 amide bonds. The van der Waals surface area contributed by atoms with Crippen LogP contribution in [0.1, 0.15) is 30.5 Å². The molecule has 1 nitrogen and oxygen atoms in total. The molecule has 4 rings (SSSR count). The SMILES string of the molecule is CCc1ccc2[nH]c(-c3ccc4c(c3)CC(C)=C4)cc2c1. The Morgan fingerprint density at radius 1 is 1.05 bits per heavy atom. The molecule has 0 radical (unpaired) electrons. The number of rotatable bonds is 2. The second-order valence-corrected chi connectivity index (χ2v) is 6.04. The highest BCUT2D eigenvalue weighted by Crippen LogP contribution is 2.31. The van der Waals surface area contributed by atoms with Gasteiger partial charge in [0.05, 0.1) is 0 Å². The van der Waals surface area contributed by atoms with E-state index in [1.807, 2.05) is 0 Å². The van der Waals surface area contributed by atoms with E-state index in [0.717, 1.165) is 12.8 Å². The van der Waals surface area contributed by atoms with Crippen molar-refractivity contribution < 1.29 is 0 Å². The van der Waals surface area contributed by atoms with Gasteiger partial charge in [-0.05, 0) is 66.3 Å². The topological polar surface area (TPSA) is 15.8 Å². The summed E-state index contributed by atoms with van der Waals surface area (Å²) < 4.78 is 0. The number of aromatic amines is 1. The maximum atomic E-state index is 3.55. The Labute approximate surface area is 125 Å². The largest absolute Gasteiger partial charge is 0.355 e. The lowest BCUT2D eigenvalue weighted by molar-refractivity contribution is 1.15. The summed E-state index contributed by atoms with van der Waals surface area (Å²) in [7, 11) is 0. The lowest BCUT2D eigenvalue weighted by Gasteiger charge is -2.03. The van der Waals surface area contributed by atoms with Crippen LogP contribution in [0, 0.1) is 0 Å². The fourth-order valence-corrected chi connectivity index (χ4v) is 3.24. The monoisotopic (exact) mass is 273 g/mol. The first kappa shape index (κ1) is 12.5. The van der Waals surface area contributed by atoms with Crippen LogP contribution >= 0.6 is 0 Å². The predicted molar refractivity (Wildman–Crippen MR) is 90.5 cm³/mol. The summed E-state index contributed by atoms with van der Waals surface area (Å²) in [5.74, 6) is 0. The van der Waals surface area contributed by atoms with Crippen molar-refractivity contribution in [2.45, 2.75) is 26.7 Å². The summed E-state index contributed by atoms with van der Waals surface area (Å²) in [5, 5.41) is 1.30. The molecule has 0 saturated carbocycles. The van der Waals surface area contributed by atoms with E-state index in [4.69, 9.17) is 0 Å². The van der Waals surface area contributed by atoms with Crippen molar-refractivity contribution >= 4 is 17.0 Å². The Hall–Kier alpha value is -2.28. The molecule has 1 aromatic heterocycles. The van der Waals surface area contributed by atoms with Gasteiger partial charge in [0.2, 0.25) is 0 Å². The number of hydrogen-bond acceptors (Lipinski definition) is 0. The molecule has 1 aliphatic rings. The van der Waals surface area contributed by atoms with Gasteiger partial charge in [0.1, 0.15) is 0 Å². The molecular formula is C20H19N.